The van der Waals surface area contributed by atoms with E-state index < -0.39 is 0 Å². The minimum atomic E-state index is -0.0168. The van der Waals surface area contributed by atoms with Crippen LogP contribution in [0.15, 0.2) is 54.6 Å². The van der Waals surface area contributed by atoms with Crippen LogP contribution in [0.4, 0.5) is 0 Å². The van der Waals surface area contributed by atoms with E-state index in [9.17, 15) is 4.79 Å². The second-order valence-corrected chi connectivity index (χ2v) is 6.34. The van der Waals surface area contributed by atoms with Crippen LogP contribution in [0.1, 0.15) is 34.5 Å². The highest BCUT2D eigenvalue weighted by Gasteiger charge is 2.23. The maximum Gasteiger partial charge on any atom is 0.251 e. The highest BCUT2D eigenvalue weighted by atomic mass is 16.5. The molecule has 1 saturated heterocycles. The topological polar surface area (TPSA) is 41.6 Å². The number of aryl methyl sites for hydroxylation is 1. The molecule has 1 N–H and O–H groups in total. The second kappa shape index (κ2) is 8.79. The number of benzene rings is 2. The number of amides is 1. The van der Waals surface area contributed by atoms with Gasteiger partial charge in [-0.1, -0.05) is 49.4 Å². The molecule has 1 aliphatic heterocycles. The molecule has 0 aliphatic carbocycles. The number of rotatable bonds is 6. The molecule has 0 aromatic heterocycles. The van der Waals surface area contributed by atoms with Crippen molar-refractivity contribution in [1.29, 1.82) is 0 Å². The van der Waals surface area contributed by atoms with Gasteiger partial charge in [0.15, 0.2) is 0 Å². The van der Waals surface area contributed by atoms with Gasteiger partial charge < -0.3 is 10.1 Å². The fourth-order valence-corrected chi connectivity index (χ4v) is 3.21. The zero-order valence-corrected chi connectivity index (χ0v) is 14.8. The van der Waals surface area contributed by atoms with Crippen LogP contribution in [0.2, 0.25) is 0 Å². The molecular formula is C21H26N2O2. The van der Waals surface area contributed by atoms with E-state index in [4.69, 9.17) is 4.74 Å². The van der Waals surface area contributed by atoms with Crippen LogP contribution in [-0.4, -0.2) is 43.7 Å². The number of ether oxygens (including phenoxy) is 1. The number of nitrogens with zero attached hydrogens (tertiary/aromatic N) is 1. The van der Waals surface area contributed by atoms with Gasteiger partial charge in [-0.25, -0.2) is 0 Å². The van der Waals surface area contributed by atoms with Gasteiger partial charge in [-0.2, -0.15) is 0 Å². The highest BCUT2D eigenvalue weighted by molar-refractivity contribution is 5.94. The van der Waals surface area contributed by atoms with Gasteiger partial charge in [-0.15, -0.1) is 0 Å². The maximum absolute atomic E-state index is 12.5. The second-order valence-electron chi connectivity index (χ2n) is 6.34. The average molecular weight is 338 g/mol. The van der Waals surface area contributed by atoms with E-state index in [0.717, 1.165) is 32.7 Å². The molecule has 1 heterocycles. The van der Waals surface area contributed by atoms with Crippen LogP contribution in [0, 0.1) is 0 Å². The van der Waals surface area contributed by atoms with Gasteiger partial charge >= 0.3 is 0 Å². The molecule has 0 saturated carbocycles. The SMILES string of the molecule is CCc1ccc(C(=O)NCC(c2ccccc2)N2CCOCC2)cc1. The summed E-state index contributed by atoms with van der Waals surface area (Å²) >= 11 is 0. The lowest BCUT2D eigenvalue weighted by Gasteiger charge is -2.35. The van der Waals surface area contributed by atoms with E-state index in [0.29, 0.717) is 12.1 Å². The monoisotopic (exact) mass is 338 g/mol. The predicted octanol–water partition coefficient (Wildman–Crippen LogP) is 3.05. The van der Waals surface area contributed by atoms with Crippen molar-refractivity contribution in [3.05, 3.63) is 71.3 Å². The Morgan fingerprint density at radius 3 is 2.40 bits per heavy atom. The van der Waals surface area contributed by atoms with Crippen molar-refractivity contribution in [2.24, 2.45) is 0 Å². The van der Waals surface area contributed by atoms with Crippen molar-refractivity contribution in [3.8, 4) is 0 Å². The summed E-state index contributed by atoms with van der Waals surface area (Å²) in [6.45, 7) is 5.98. The summed E-state index contributed by atoms with van der Waals surface area (Å²) in [6.07, 6.45) is 0.981. The van der Waals surface area contributed by atoms with Crippen LogP contribution in [0.5, 0.6) is 0 Å². The Labute approximate surface area is 149 Å². The quantitative estimate of drug-likeness (QED) is 0.880. The van der Waals surface area contributed by atoms with Gasteiger partial charge in [-0.05, 0) is 29.7 Å². The zero-order chi connectivity index (χ0) is 17.5. The molecule has 132 valence electrons. The van der Waals surface area contributed by atoms with Gasteiger partial charge in [0, 0.05) is 25.2 Å². The van der Waals surface area contributed by atoms with Crippen molar-refractivity contribution < 1.29 is 9.53 Å². The van der Waals surface area contributed by atoms with Crippen LogP contribution in [0.3, 0.4) is 0 Å². The number of hydrogen-bond acceptors (Lipinski definition) is 3. The number of nitrogens with one attached hydrogen (secondary N) is 1. The summed E-state index contributed by atoms with van der Waals surface area (Å²) in [7, 11) is 0. The standard InChI is InChI=1S/C21H26N2O2/c1-2-17-8-10-19(11-9-17)21(24)22-16-20(18-6-4-3-5-7-18)23-12-14-25-15-13-23/h3-11,20H,2,12-16H2,1H3,(H,22,24). The lowest BCUT2D eigenvalue weighted by Crippen LogP contribution is -2.43. The fraction of sp³-hybridized carbons (Fsp3) is 0.381. The molecule has 0 radical (unpaired) electrons. The van der Waals surface area contributed by atoms with E-state index in [2.05, 4.69) is 29.3 Å². The molecule has 1 atom stereocenters. The smallest absolute Gasteiger partial charge is 0.251 e. The number of hydrogen-bond donors (Lipinski definition) is 1. The Balaban J connectivity index is 1.68. The van der Waals surface area contributed by atoms with Gasteiger partial charge in [-0.3, -0.25) is 9.69 Å². The average Bonchev–Trinajstić information content (AvgIpc) is 2.70. The summed E-state index contributed by atoms with van der Waals surface area (Å²) in [5.41, 5.74) is 3.18. The van der Waals surface area contributed by atoms with E-state index in [-0.39, 0.29) is 11.9 Å². The largest absolute Gasteiger partial charge is 0.379 e. The predicted molar refractivity (Wildman–Crippen MR) is 99.7 cm³/mol. The molecule has 0 spiro atoms. The Kier molecular flexibility index (Phi) is 6.20. The summed E-state index contributed by atoms with van der Waals surface area (Å²) in [5, 5.41) is 3.11. The van der Waals surface area contributed by atoms with Crippen LogP contribution < -0.4 is 5.32 Å². The maximum atomic E-state index is 12.5. The third kappa shape index (κ3) is 4.68. The third-order valence-electron chi connectivity index (χ3n) is 4.75. The summed E-state index contributed by atoms with van der Waals surface area (Å²) < 4.78 is 5.47. The first-order valence-electron chi connectivity index (χ1n) is 9.02. The van der Waals surface area contributed by atoms with Crippen LogP contribution in [-0.2, 0) is 11.2 Å². The Morgan fingerprint density at radius 1 is 1.08 bits per heavy atom. The number of carbonyl (C=O) groups is 1. The Hall–Kier alpha value is -2.17. The van der Waals surface area contributed by atoms with Gasteiger partial charge in [0.2, 0.25) is 0 Å². The highest BCUT2D eigenvalue weighted by Crippen LogP contribution is 2.21. The molecule has 4 heteroatoms. The molecule has 1 aliphatic rings. The van der Waals surface area contributed by atoms with Crippen molar-refractivity contribution in [2.45, 2.75) is 19.4 Å². The summed E-state index contributed by atoms with van der Waals surface area (Å²) in [6, 6.07) is 18.4. The molecule has 4 nitrogen and oxygen atoms in total. The zero-order valence-electron chi connectivity index (χ0n) is 14.8. The van der Waals surface area contributed by atoms with Crippen LogP contribution >= 0.6 is 0 Å². The van der Waals surface area contributed by atoms with Gasteiger partial charge in [0.25, 0.3) is 5.91 Å². The minimum absolute atomic E-state index is 0.0168. The van der Waals surface area contributed by atoms with Crippen molar-refractivity contribution in [1.82, 2.24) is 10.2 Å². The molecular weight excluding hydrogens is 312 g/mol. The Bertz CT molecular complexity index is 664. The van der Waals surface area contributed by atoms with E-state index >= 15 is 0 Å². The first-order valence-corrected chi connectivity index (χ1v) is 9.02. The molecule has 25 heavy (non-hydrogen) atoms. The first kappa shape index (κ1) is 17.6. The number of carbonyl (C=O) groups excluding carboxylic acids is 1. The van der Waals surface area contributed by atoms with Gasteiger partial charge in [0.1, 0.15) is 0 Å². The molecule has 1 fully saturated rings. The van der Waals surface area contributed by atoms with Crippen LogP contribution in [0.25, 0.3) is 0 Å². The van der Waals surface area contributed by atoms with E-state index in [1.807, 2.05) is 42.5 Å². The summed E-state index contributed by atoms with van der Waals surface area (Å²) in [5.74, 6) is -0.0168. The Morgan fingerprint density at radius 2 is 1.76 bits per heavy atom. The van der Waals surface area contributed by atoms with Crippen molar-refractivity contribution in [2.75, 3.05) is 32.8 Å². The van der Waals surface area contributed by atoms with Crippen molar-refractivity contribution in [3.63, 3.8) is 0 Å². The lowest BCUT2D eigenvalue weighted by molar-refractivity contribution is 0.0162. The van der Waals surface area contributed by atoms with Gasteiger partial charge in [0.05, 0.1) is 19.3 Å². The molecule has 2 aromatic carbocycles. The summed E-state index contributed by atoms with van der Waals surface area (Å²) in [4.78, 5) is 14.9. The first-order chi connectivity index (χ1) is 12.3. The fourth-order valence-electron chi connectivity index (χ4n) is 3.21. The third-order valence-corrected chi connectivity index (χ3v) is 4.75. The lowest BCUT2D eigenvalue weighted by atomic mass is 10.0. The van der Waals surface area contributed by atoms with E-state index in [1.54, 1.807) is 0 Å². The van der Waals surface area contributed by atoms with E-state index in [1.165, 1.54) is 11.1 Å². The molecule has 1 amide bonds. The normalized spacial score (nSPS) is 16.4. The molecule has 0 bridgehead atoms. The molecule has 2 aromatic rings. The molecule has 1 unspecified atom stereocenters. The number of morpholine rings is 1. The minimum Gasteiger partial charge on any atom is -0.379 e. The van der Waals surface area contributed by atoms with Crippen molar-refractivity contribution >= 4 is 5.91 Å². The molecule has 3 rings (SSSR count).